The molecule has 2 aromatic carbocycles. The van der Waals surface area contributed by atoms with E-state index in [0.29, 0.717) is 18.8 Å². The van der Waals surface area contributed by atoms with Crippen molar-refractivity contribution in [2.75, 3.05) is 13.1 Å². The lowest BCUT2D eigenvalue weighted by Gasteiger charge is -2.20. The zero-order valence-electron chi connectivity index (χ0n) is 14.8. The molecule has 0 radical (unpaired) electrons. The number of nitrogens with zero attached hydrogens (tertiary/aromatic N) is 2. The average Bonchev–Trinajstić information content (AvgIpc) is 2.89. The molecule has 0 atom stereocenters. The van der Waals surface area contributed by atoms with Gasteiger partial charge in [-0.25, -0.2) is 4.39 Å². The van der Waals surface area contributed by atoms with E-state index in [1.165, 1.54) is 23.3 Å². The molecule has 1 aliphatic rings. The SMILES string of the molecule is Cc1onc(-c2c(F)cccc2Cl)c1C(=O)N1CCc2ccccc2CC1. The minimum absolute atomic E-state index is 0.0949. The summed E-state index contributed by atoms with van der Waals surface area (Å²) in [7, 11) is 0. The summed E-state index contributed by atoms with van der Waals surface area (Å²) in [6.07, 6.45) is 1.56. The van der Waals surface area contributed by atoms with Gasteiger partial charge in [0.05, 0.1) is 10.6 Å². The lowest BCUT2D eigenvalue weighted by molar-refractivity contribution is 0.0762. The summed E-state index contributed by atoms with van der Waals surface area (Å²) >= 11 is 6.18. The Morgan fingerprint density at radius 3 is 2.41 bits per heavy atom. The summed E-state index contributed by atoms with van der Waals surface area (Å²) in [5, 5.41) is 4.13. The first-order valence-electron chi connectivity index (χ1n) is 8.83. The first-order valence-corrected chi connectivity index (χ1v) is 9.20. The van der Waals surface area contributed by atoms with Crippen molar-refractivity contribution in [1.29, 1.82) is 0 Å². The molecule has 4 rings (SSSR count). The van der Waals surface area contributed by atoms with Crippen LogP contribution < -0.4 is 0 Å². The third-order valence-corrected chi connectivity index (χ3v) is 5.30. The van der Waals surface area contributed by atoms with Gasteiger partial charge in [-0.2, -0.15) is 0 Å². The average molecular weight is 385 g/mol. The van der Waals surface area contributed by atoms with Crippen LogP contribution in [0.25, 0.3) is 11.3 Å². The minimum Gasteiger partial charge on any atom is -0.360 e. The van der Waals surface area contributed by atoms with Crippen LogP contribution in [0.5, 0.6) is 0 Å². The largest absolute Gasteiger partial charge is 0.360 e. The van der Waals surface area contributed by atoms with E-state index in [9.17, 15) is 9.18 Å². The lowest BCUT2D eigenvalue weighted by Crippen LogP contribution is -2.33. The zero-order valence-corrected chi connectivity index (χ0v) is 15.6. The van der Waals surface area contributed by atoms with Gasteiger partial charge in [0, 0.05) is 13.1 Å². The molecule has 6 heteroatoms. The van der Waals surface area contributed by atoms with Gasteiger partial charge in [0.15, 0.2) is 0 Å². The number of carbonyl (C=O) groups excluding carboxylic acids is 1. The number of rotatable bonds is 2. The Labute approximate surface area is 161 Å². The van der Waals surface area contributed by atoms with E-state index in [0.717, 1.165) is 12.8 Å². The minimum atomic E-state index is -0.534. The number of benzene rings is 2. The highest BCUT2D eigenvalue weighted by molar-refractivity contribution is 6.33. The summed E-state index contributed by atoms with van der Waals surface area (Å²) in [4.78, 5) is 15.0. The molecule has 4 nitrogen and oxygen atoms in total. The molecule has 0 fully saturated rings. The molecule has 0 bridgehead atoms. The highest BCUT2D eigenvalue weighted by Gasteiger charge is 2.29. The zero-order chi connectivity index (χ0) is 19.0. The highest BCUT2D eigenvalue weighted by Crippen LogP contribution is 2.34. The summed E-state index contributed by atoms with van der Waals surface area (Å²) in [5.41, 5.74) is 3.03. The van der Waals surface area contributed by atoms with E-state index in [1.807, 2.05) is 12.1 Å². The second-order valence-electron chi connectivity index (χ2n) is 6.62. The van der Waals surface area contributed by atoms with Crippen molar-refractivity contribution < 1.29 is 13.7 Å². The number of aromatic nitrogens is 1. The molecule has 138 valence electrons. The van der Waals surface area contributed by atoms with Crippen molar-refractivity contribution >= 4 is 17.5 Å². The number of amides is 1. The predicted octanol–water partition coefficient (Wildman–Crippen LogP) is 4.68. The number of carbonyl (C=O) groups is 1. The second kappa shape index (κ2) is 7.16. The number of hydrogen-bond donors (Lipinski definition) is 0. The van der Waals surface area contributed by atoms with E-state index in [4.69, 9.17) is 16.1 Å². The maximum Gasteiger partial charge on any atom is 0.259 e. The van der Waals surface area contributed by atoms with Gasteiger partial charge in [-0.3, -0.25) is 4.79 Å². The monoisotopic (exact) mass is 384 g/mol. The Balaban J connectivity index is 1.69. The fraction of sp³-hybridized carbons (Fsp3) is 0.238. The molecule has 1 aromatic heterocycles. The standard InChI is InChI=1S/C21H18ClFN2O2/c1-13-18(20(24-27-13)19-16(22)7-4-8-17(19)23)21(26)25-11-9-14-5-2-3-6-15(14)10-12-25/h2-8H,9-12H2,1H3. The predicted molar refractivity (Wildman–Crippen MR) is 101 cm³/mol. The highest BCUT2D eigenvalue weighted by atomic mass is 35.5. The fourth-order valence-corrected chi connectivity index (χ4v) is 3.80. The number of hydrogen-bond acceptors (Lipinski definition) is 3. The normalized spacial score (nSPS) is 14.0. The third-order valence-electron chi connectivity index (χ3n) is 4.98. The molecule has 2 heterocycles. The van der Waals surface area contributed by atoms with Crippen molar-refractivity contribution in [2.45, 2.75) is 19.8 Å². The molecule has 0 spiro atoms. The van der Waals surface area contributed by atoms with E-state index < -0.39 is 5.82 Å². The van der Waals surface area contributed by atoms with Gasteiger partial charge in [0.1, 0.15) is 22.8 Å². The Bertz CT molecular complexity index is 968. The molecular formula is C21H18ClFN2O2. The molecule has 0 saturated carbocycles. The van der Waals surface area contributed by atoms with Gasteiger partial charge >= 0.3 is 0 Å². The van der Waals surface area contributed by atoms with Gasteiger partial charge in [-0.15, -0.1) is 0 Å². The number of aryl methyl sites for hydroxylation is 1. The van der Waals surface area contributed by atoms with E-state index in [2.05, 4.69) is 17.3 Å². The maximum atomic E-state index is 14.4. The lowest BCUT2D eigenvalue weighted by atomic mass is 10.0. The number of halogens is 2. The van der Waals surface area contributed by atoms with Crippen LogP contribution in [0, 0.1) is 12.7 Å². The first-order chi connectivity index (χ1) is 13.1. The summed E-state index contributed by atoms with van der Waals surface area (Å²) in [5.74, 6) is -0.389. The summed E-state index contributed by atoms with van der Waals surface area (Å²) < 4.78 is 19.6. The topological polar surface area (TPSA) is 46.3 Å². The van der Waals surface area contributed by atoms with Crippen LogP contribution in [0.1, 0.15) is 27.2 Å². The Hall–Kier alpha value is -2.66. The van der Waals surface area contributed by atoms with E-state index in [-0.39, 0.29) is 27.8 Å². The van der Waals surface area contributed by atoms with Gasteiger partial charge in [-0.05, 0) is 43.0 Å². The molecule has 0 saturated heterocycles. The van der Waals surface area contributed by atoms with Crippen molar-refractivity contribution in [3.05, 3.63) is 75.8 Å². The molecule has 0 N–H and O–H groups in total. The molecule has 27 heavy (non-hydrogen) atoms. The molecule has 0 aliphatic carbocycles. The van der Waals surface area contributed by atoms with Crippen LogP contribution >= 0.6 is 11.6 Å². The van der Waals surface area contributed by atoms with Crippen LogP contribution in [-0.2, 0) is 12.8 Å². The summed E-state index contributed by atoms with van der Waals surface area (Å²) in [6.45, 7) is 2.83. The molecule has 3 aromatic rings. The van der Waals surface area contributed by atoms with Crippen molar-refractivity contribution in [3.8, 4) is 11.3 Å². The van der Waals surface area contributed by atoms with Crippen molar-refractivity contribution in [3.63, 3.8) is 0 Å². The van der Waals surface area contributed by atoms with Crippen LogP contribution in [-0.4, -0.2) is 29.1 Å². The molecule has 1 amide bonds. The smallest absolute Gasteiger partial charge is 0.259 e. The quantitative estimate of drug-likeness (QED) is 0.644. The van der Waals surface area contributed by atoms with Crippen LogP contribution in [0.4, 0.5) is 4.39 Å². The van der Waals surface area contributed by atoms with Crippen molar-refractivity contribution in [2.24, 2.45) is 0 Å². The second-order valence-corrected chi connectivity index (χ2v) is 7.03. The number of fused-ring (bicyclic) bond motifs is 1. The Kier molecular flexibility index (Phi) is 4.70. The Morgan fingerprint density at radius 2 is 1.78 bits per heavy atom. The van der Waals surface area contributed by atoms with E-state index in [1.54, 1.807) is 17.9 Å². The maximum absolute atomic E-state index is 14.4. The van der Waals surface area contributed by atoms with Gasteiger partial charge in [0.25, 0.3) is 5.91 Å². The van der Waals surface area contributed by atoms with Gasteiger partial charge in [-0.1, -0.05) is 47.1 Å². The van der Waals surface area contributed by atoms with Crippen LogP contribution in [0.3, 0.4) is 0 Å². The molecular weight excluding hydrogens is 367 g/mol. The molecule has 0 unspecified atom stereocenters. The molecule has 1 aliphatic heterocycles. The summed E-state index contributed by atoms with van der Waals surface area (Å²) in [6, 6.07) is 12.6. The third kappa shape index (κ3) is 3.23. The van der Waals surface area contributed by atoms with E-state index >= 15 is 0 Å². The van der Waals surface area contributed by atoms with Crippen LogP contribution in [0.2, 0.25) is 5.02 Å². The fourth-order valence-electron chi connectivity index (χ4n) is 3.55. The van der Waals surface area contributed by atoms with Gasteiger partial charge in [0.2, 0.25) is 0 Å². The Morgan fingerprint density at radius 1 is 1.11 bits per heavy atom. The van der Waals surface area contributed by atoms with Crippen LogP contribution in [0.15, 0.2) is 47.0 Å². The van der Waals surface area contributed by atoms with Crippen molar-refractivity contribution in [1.82, 2.24) is 10.1 Å². The van der Waals surface area contributed by atoms with Gasteiger partial charge < -0.3 is 9.42 Å². The first kappa shape index (κ1) is 17.7.